The summed E-state index contributed by atoms with van der Waals surface area (Å²) in [6.07, 6.45) is 0. The predicted molar refractivity (Wildman–Crippen MR) is 55.5 cm³/mol. The molecule has 14 heavy (non-hydrogen) atoms. The van der Waals surface area contributed by atoms with Gasteiger partial charge in [0.1, 0.15) is 5.76 Å². The molecule has 1 N–H and O–H groups in total. The Balaban J connectivity index is 0.000000364. The van der Waals surface area contributed by atoms with Gasteiger partial charge in [-0.1, -0.05) is 27.4 Å². The average molecular weight is 198 g/mol. The third kappa shape index (κ3) is 3.75. The maximum absolute atomic E-state index is 10.7. The third-order valence-electron chi connectivity index (χ3n) is 1.47. The van der Waals surface area contributed by atoms with Crippen LogP contribution < -0.4 is 0 Å². The number of esters is 1. The Morgan fingerprint density at radius 2 is 1.86 bits per heavy atom. The van der Waals surface area contributed by atoms with Gasteiger partial charge in [-0.3, -0.25) is 0 Å². The van der Waals surface area contributed by atoms with E-state index in [-0.39, 0.29) is 12.4 Å². The molecule has 0 aliphatic carbocycles. The van der Waals surface area contributed by atoms with E-state index in [4.69, 9.17) is 5.11 Å². The second-order valence-corrected chi connectivity index (χ2v) is 3.81. The molecule has 0 spiro atoms. The molecule has 1 heterocycles. The Kier molecular flexibility index (Phi) is 5.16. The summed E-state index contributed by atoms with van der Waals surface area (Å²) in [4.78, 5) is 10.7. The summed E-state index contributed by atoms with van der Waals surface area (Å²) in [6, 6.07) is 0. The van der Waals surface area contributed by atoms with E-state index in [0.717, 1.165) is 5.92 Å². The molecule has 0 amide bonds. The van der Waals surface area contributed by atoms with E-state index in [9.17, 15) is 4.79 Å². The monoisotopic (exact) mass is 198 g/mol. The molecule has 0 saturated carbocycles. The fraction of sp³-hybridized carbons (Fsp3) is 0.545. The highest BCUT2D eigenvalue weighted by Gasteiger charge is 2.23. The van der Waals surface area contributed by atoms with Crippen molar-refractivity contribution in [1.82, 2.24) is 0 Å². The molecule has 0 unspecified atom stereocenters. The van der Waals surface area contributed by atoms with Crippen molar-refractivity contribution in [3.8, 4) is 0 Å². The second-order valence-electron chi connectivity index (χ2n) is 3.81. The van der Waals surface area contributed by atoms with Gasteiger partial charge in [0.25, 0.3) is 0 Å². The zero-order chi connectivity index (χ0) is 11.3. The zero-order valence-corrected chi connectivity index (χ0v) is 9.26. The van der Waals surface area contributed by atoms with Gasteiger partial charge in [0, 0.05) is 11.1 Å². The van der Waals surface area contributed by atoms with Crippen LogP contribution in [0.1, 0.15) is 27.7 Å². The summed E-state index contributed by atoms with van der Waals surface area (Å²) in [5.41, 5.74) is 0.956. The van der Waals surface area contributed by atoms with Crippen LogP contribution in [0.25, 0.3) is 0 Å². The standard InChI is InChI=1S/C7H8O3.C4H10/c1-4-6(3-8)5(2)10-7(4)9;1-4(2)3/h8H,2-3H2,1H3;4H,1-3H3. The fourth-order valence-corrected chi connectivity index (χ4v) is 0.789. The van der Waals surface area contributed by atoms with E-state index < -0.39 is 5.97 Å². The quantitative estimate of drug-likeness (QED) is 0.656. The molecule has 1 aliphatic rings. The fourth-order valence-electron chi connectivity index (χ4n) is 0.789. The normalized spacial score (nSPS) is 15.6. The molecule has 0 aromatic rings. The van der Waals surface area contributed by atoms with Crippen molar-refractivity contribution in [1.29, 1.82) is 0 Å². The molecule has 1 rings (SSSR count). The highest BCUT2D eigenvalue weighted by Crippen LogP contribution is 2.23. The number of carbonyl (C=O) groups is 1. The molecule has 1 aliphatic heterocycles. The van der Waals surface area contributed by atoms with E-state index in [1.165, 1.54) is 0 Å². The Hall–Kier alpha value is -1.09. The van der Waals surface area contributed by atoms with Crippen LogP contribution in [0.4, 0.5) is 0 Å². The van der Waals surface area contributed by atoms with Crippen LogP contribution in [0, 0.1) is 5.92 Å². The van der Waals surface area contributed by atoms with Gasteiger partial charge >= 0.3 is 5.97 Å². The molecule has 0 radical (unpaired) electrons. The van der Waals surface area contributed by atoms with Gasteiger partial charge in [0.15, 0.2) is 0 Å². The van der Waals surface area contributed by atoms with Gasteiger partial charge in [0.05, 0.1) is 6.61 Å². The minimum absolute atomic E-state index is 0.184. The van der Waals surface area contributed by atoms with Crippen molar-refractivity contribution in [2.45, 2.75) is 27.7 Å². The first-order chi connectivity index (χ1) is 6.40. The van der Waals surface area contributed by atoms with E-state index in [1.807, 2.05) is 0 Å². The highest BCUT2D eigenvalue weighted by atomic mass is 16.5. The zero-order valence-electron chi connectivity index (χ0n) is 9.26. The maximum Gasteiger partial charge on any atom is 0.339 e. The smallest absolute Gasteiger partial charge is 0.339 e. The first-order valence-corrected chi connectivity index (χ1v) is 4.62. The van der Waals surface area contributed by atoms with E-state index in [0.29, 0.717) is 11.1 Å². The molecule has 3 nitrogen and oxygen atoms in total. The van der Waals surface area contributed by atoms with Gasteiger partial charge in [-0.2, -0.15) is 0 Å². The van der Waals surface area contributed by atoms with Crippen molar-refractivity contribution in [2.24, 2.45) is 5.92 Å². The number of aliphatic hydroxyl groups excluding tert-OH is 1. The van der Waals surface area contributed by atoms with Crippen LogP contribution in [0.3, 0.4) is 0 Å². The van der Waals surface area contributed by atoms with E-state index >= 15 is 0 Å². The minimum Gasteiger partial charge on any atom is -0.423 e. The largest absolute Gasteiger partial charge is 0.423 e. The molecule has 0 bridgehead atoms. The molecular formula is C11H18O3. The Morgan fingerprint density at radius 3 is 2.00 bits per heavy atom. The topological polar surface area (TPSA) is 46.5 Å². The number of hydrogen-bond donors (Lipinski definition) is 1. The first-order valence-electron chi connectivity index (χ1n) is 4.62. The van der Waals surface area contributed by atoms with Crippen molar-refractivity contribution in [2.75, 3.05) is 6.61 Å². The lowest BCUT2D eigenvalue weighted by molar-refractivity contribution is -0.133. The Labute approximate surface area is 85.1 Å². The summed E-state index contributed by atoms with van der Waals surface area (Å²) in [6.45, 7) is 11.4. The van der Waals surface area contributed by atoms with E-state index in [1.54, 1.807) is 6.92 Å². The molecule has 0 saturated heterocycles. The van der Waals surface area contributed by atoms with Crippen molar-refractivity contribution in [3.63, 3.8) is 0 Å². The van der Waals surface area contributed by atoms with E-state index in [2.05, 4.69) is 32.1 Å². The van der Waals surface area contributed by atoms with Crippen LogP contribution in [0.15, 0.2) is 23.5 Å². The molecular weight excluding hydrogens is 180 g/mol. The summed E-state index contributed by atoms with van der Waals surface area (Å²) in [5, 5.41) is 8.67. The van der Waals surface area contributed by atoms with Crippen LogP contribution in [-0.4, -0.2) is 17.7 Å². The van der Waals surface area contributed by atoms with Gasteiger partial charge in [-0.25, -0.2) is 4.79 Å². The van der Waals surface area contributed by atoms with Crippen LogP contribution in [0.2, 0.25) is 0 Å². The average Bonchev–Trinajstić information content (AvgIpc) is 2.25. The lowest BCUT2D eigenvalue weighted by Crippen LogP contribution is -1.94. The number of cyclic esters (lactones) is 1. The van der Waals surface area contributed by atoms with Gasteiger partial charge in [-0.05, 0) is 12.8 Å². The van der Waals surface area contributed by atoms with Gasteiger partial charge < -0.3 is 9.84 Å². The number of aliphatic hydroxyl groups is 1. The highest BCUT2D eigenvalue weighted by molar-refractivity contribution is 5.93. The lowest BCUT2D eigenvalue weighted by atomic mass is 10.1. The van der Waals surface area contributed by atoms with Gasteiger partial charge in [-0.15, -0.1) is 0 Å². The number of ether oxygens (including phenoxy) is 1. The maximum atomic E-state index is 10.7. The van der Waals surface area contributed by atoms with Crippen LogP contribution in [-0.2, 0) is 9.53 Å². The predicted octanol–water partition coefficient (Wildman–Crippen LogP) is 2.03. The number of rotatable bonds is 1. The molecule has 0 aromatic heterocycles. The lowest BCUT2D eigenvalue weighted by Gasteiger charge is -1.94. The molecule has 0 fully saturated rings. The second kappa shape index (κ2) is 5.60. The first kappa shape index (κ1) is 12.9. The minimum atomic E-state index is -0.408. The van der Waals surface area contributed by atoms with Gasteiger partial charge in [0.2, 0.25) is 0 Å². The third-order valence-corrected chi connectivity index (χ3v) is 1.47. The number of carbonyl (C=O) groups excluding carboxylic acids is 1. The summed E-state index contributed by atoms with van der Waals surface area (Å²) in [5.74, 6) is 0.694. The van der Waals surface area contributed by atoms with Crippen LogP contribution in [0.5, 0.6) is 0 Å². The SMILES string of the molecule is C=C1OC(=O)C(C)=C1CO.CC(C)C. The van der Waals surface area contributed by atoms with Crippen molar-refractivity contribution < 1.29 is 14.6 Å². The molecule has 80 valence electrons. The molecule has 0 aromatic carbocycles. The molecule has 0 atom stereocenters. The summed E-state index contributed by atoms with van der Waals surface area (Å²) < 4.78 is 4.61. The Bertz CT molecular complexity index is 259. The summed E-state index contributed by atoms with van der Waals surface area (Å²) >= 11 is 0. The van der Waals surface area contributed by atoms with Crippen molar-refractivity contribution in [3.05, 3.63) is 23.5 Å². The number of hydrogen-bond acceptors (Lipinski definition) is 3. The summed E-state index contributed by atoms with van der Waals surface area (Å²) in [7, 11) is 0. The molecule has 3 heteroatoms. The van der Waals surface area contributed by atoms with Crippen LogP contribution >= 0.6 is 0 Å². The van der Waals surface area contributed by atoms with Crippen molar-refractivity contribution >= 4 is 5.97 Å². The Morgan fingerprint density at radius 1 is 1.43 bits per heavy atom.